The number of benzene rings is 1. The molecule has 0 bridgehead atoms. The number of nitrogens with zero attached hydrogens (tertiary/aromatic N) is 1. The maximum atomic E-state index is 12.6. The molecule has 0 aliphatic carbocycles. The van der Waals surface area contributed by atoms with Crippen LogP contribution in [0.3, 0.4) is 0 Å². The summed E-state index contributed by atoms with van der Waals surface area (Å²) in [6.07, 6.45) is -2.41. The van der Waals surface area contributed by atoms with E-state index in [-0.39, 0.29) is 6.04 Å². The van der Waals surface area contributed by atoms with E-state index < -0.39 is 11.2 Å². The monoisotopic (exact) mass is 314 g/mol. The summed E-state index contributed by atoms with van der Waals surface area (Å²) in [5.41, 5.74) is 3.42. The Kier molecular flexibility index (Phi) is 4.68. The van der Waals surface area contributed by atoms with Crippen molar-refractivity contribution in [2.75, 3.05) is 7.05 Å². The molecule has 0 saturated carbocycles. The zero-order valence-electron chi connectivity index (χ0n) is 12.1. The zero-order chi connectivity index (χ0) is 15.6. The minimum Gasteiger partial charge on any atom is -0.312 e. The van der Waals surface area contributed by atoms with E-state index in [1.165, 1.54) is 6.20 Å². The first-order chi connectivity index (χ1) is 9.81. The molecular formula is C15H17F3N2S. The number of alkyl halides is 3. The van der Waals surface area contributed by atoms with E-state index in [1.807, 2.05) is 26.0 Å². The first-order valence-corrected chi connectivity index (χ1v) is 7.39. The first-order valence-electron chi connectivity index (χ1n) is 6.57. The van der Waals surface area contributed by atoms with Crippen molar-refractivity contribution in [2.24, 2.45) is 0 Å². The Morgan fingerprint density at radius 3 is 2.57 bits per heavy atom. The van der Waals surface area contributed by atoms with Gasteiger partial charge in [-0.05, 0) is 38.4 Å². The molecule has 1 aromatic heterocycles. The second-order valence-corrected chi connectivity index (χ2v) is 6.10. The van der Waals surface area contributed by atoms with Crippen molar-refractivity contribution in [1.82, 2.24) is 10.3 Å². The van der Waals surface area contributed by atoms with Crippen LogP contribution in [0.1, 0.15) is 32.6 Å². The molecule has 0 saturated heterocycles. The first kappa shape index (κ1) is 16.0. The van der Waals surface area contributed by atoms with E-state index in [4.69, 9.17) is 0 Å². The van der Waals surface area contributed by atoms with Crippen molar-refractivity contribution in [3.63, 3.8) is 0 Å². The van der Waals surface area contributed by atoms with Crippen molar-refractivity contribution < 1.29 is 13.2 Å². The van der Waals surface area contributed by atoms with Crippen LogP contribution in [0, 0.1) is 13.8 Å². The van der Waals surface area contributed by atoms with Gasteiger partial charge in [-0.1, -0.05) is 23.8 Å². The molecule has 0 aliphatic rings. The van der Waals surface area contributed by atoms with Gasteiger partial charge >= 0.3 is 6.18 Å². The average Bonchev–Trinajstić information content (AvgIpc) is 2.89. The average molecular weight is 314 g/mol. The summed E-state index contributed by atoms with van der Waals surface area (Å²) in [4.78, 5) is 4.09. The number of halogens is 3. The van der Waals surface area contributed by atoms with Crippen molar-refractivity contribution in [1.29, 1.82) is 0 Å². The third-order valence-electron chi connectivity index (χ3n) is 3.39. The lowest BCUT2D eigenvalue weighted by molar-refractivity contribution is -0.137. The van der Waals surface area contributed by atoms with Gasteiger partial charge in [-0.25, -0.2) is 4.98 Å². The molecule has 21 heavy (non-hydrogen) atoms. The Hall–Kier alpha value is -1.40. The van der Waals surface area contributed by atoms with E-state index in [1.54, 1.807) is 7.05 Å². The third-order valence-corrected chi connectivity index (χ3v) is 4.54. The molecule has 1 aromatic carbocycles. The summed E-state index contributed by atoms with van der Waals surface area (Å²) in [5.74, 6) is 0. The predicted molar refractivity (Wildman–Crippen MR) is 78.5 cm³/mol. The number of nitrogens with one attached hydrogen (secondary N) is 1. The largest absolute Gasteiger partial charge is 0.443 e. The lowest BCUT2D eigenvalue weighted by Crippen LogP contribution is -2.18. The zero-order valence-corrected chi connectivity index (χ0v) is 12.9. The Labute approximate surface area is 126 Å². The molecular weight excluding hydrogens is 297 g/mol. The summed E-state index contributed by atoms with van der Waals surface area (Å²) >= 11 is 0.703. The van der Waals surface area contributed by atoms with E-state index in [0.717, 1.165) is 16.7 Å². The number of rotatable bonds is 4. The molecule has 1 heterocycles. The predicted octanol–water partition coefficient (Wildman–Crippen LogP) is 4.28. The molecule has 0 fully saturated rings. The second kappa shape index (κ2) is 6.15. The molecule has 2 aromatic rings. The van der Waals surface area contributed by atoms with Gasteiger partial charge in [-0.2, -0.15) is 13.2 Å². The van der Waals surface area contributed by atoms with Gasteiger partial charge in [0.15, 0.2) is 5.01 Å². The molecule has 0 spiro atoms. The normalized spacial score (nSPS) is 13.4. The number of aryl methyl sites for hydroxylation is 2. The molecule has 1 unspecified atom stereocenters. The molecule has 2 nitrogen and oxygen atoms in total. The summed E-state index contributed by atoms with van der Waals surface area (Å²) in [6, 6.07) is 5.97. The molecule has 0 amide bonds. The Morgan fingerprint density at radius 2 is 2.00 bits per heavy atom. The Bertz CT molecular complexity index is 620. The molecule has 0 radical (unpaired) electrons. The van der Waals surface area contributed by atoms with Crippen LogP contribution in [0.15, 0.2) is 24.4 Å². The topological polar surface area (TPSA) is 24.9 Å². The van der Waals surface area contributed by atoms with Gasteiger partial charge < -0.3 is 5.32 Å². The quantitative estimate of drug-likeness (QED) is 0.911. The Balaban J connectivity index is 2.24. The number of hydrogen-bond acceptors (Lipinski definition) is 3. The van der Waals surface area contributed by atoms with Gasteiger partial charge in [0.05, 0.1) is 0 Å². The summed E-state index contributed by atoms with van der Waals surface area (Å²) in [7, 11) is 1.75. The smallest absolute Gasteiger partial charge is 0.312 e. The van der Waals surface area contributed by atoms with Gasteiger partial charge in [0, 0.05) is 17.1 Å². The molecule has 6 heteroatoms. The summed E-state index contributed by atoms with van der Waals surface area (Å²) < 4.78 is 37.9. The third kappa shape index (κ3) is 3.83. The minimum atomic E-state index is -4.37. The van der Waals surface area contributed by atoms with Gasteiger partial charge in [-0.3, -0.25) is 0 Å². The molecule has 114 valence electrons. The lowest BCUT2D eigenvalue weighted by Gasteiger charge is -2.16. The highest BCUT2D eigenvalue weighted by atomic mass is 32.1. The highest BCUT2D eigenvalue weighted by Gasteiger charge is 2.35. The highest BCUT2D eigenvalue weighted by Crippen LogP contribution is 2.35. The van der Waals surface area contributed by atoms with Gasteiger partial charge in [-0.15, -0.1) is 11.3 Å². The number of thiazole rings is 1. The Morgan fingerprint density at radius 1 is 1.29 bits per heavy atom. The van der Waals surface area contributed by atoms with Crippen LogP contribution in [0.2, 0.25) is 0 Å². The molecule has 1 N–H and O–H groups in total. The van der Waals surface area contributed by atoms with E-state index in [9.17, 15) is 13.2 Å². The van der Waals surface area contributed by atoms with Gasteiger partial charge in [0.25, 0.3) is 0 Å². The van der Waals surface area contributed by atoms with Crippen molar-refractivity contribution in [2.45, 2.75) is 32.5 Å². The number of likely N-dealkylation sites (N-methyl/N-ethyl adjacent to an activating group) is 1. The van der Waals surface area contributed by atoms with Crippen LogP contribution in [0.25, 0.3) is 0 Å². The molecule has 0 aliphatic heterocycles. The van der Waals surface area contributed by atoms with E-state index in [0.29, 0.717) is 22.6 Å². The molecule has 1 atom stereocenters. The van der Waals surface area contributed by atoms with Crippen molar-refractivity contribution >= 4 is 11.3 Å². The van der Waals surface area contributed by atoms with Crippen LogP contribution < -0.4 is 5.32 Å². The highest BCUT2D eigenvalue weighted by molar-refractivity contribution is 7.11. The summed E-state index contributed by atoms with van der Waals surface area (Å²) in [5, 5.41) is 2.29. The van der Waals surface area contributed by atoms with Crippen molar-refractivity contribution in [3.05, 3.63) is 51.0 Å². The van der Waals surface area contributed by atoms with Gasteiger partial charge in [0.2, 0.25) is 0 Å². The fourth-order valence-corrected chi connectivity index (χ4v) is 3.06. The van der Waals surface area contributed by atoms with Crippen LogP contribution in [-0.4, -0.2) is 12.0 Å². The maximum absolute atomic E-state index is 12.6. The molecule has 2 rings (SSSR count). The van der Waals surface area contributed by atoms with Crippen LogP contribution in [-0.2, 0) is 12.6 Å². The van der Waals surface area contributed by atoms with Crippen LogP contribution >= 0.6 is 11.3 Å². The minimum absolute atomic E-state index is 0.167. The van der Waals surface area contributed by atoms with Gasteiger partial charge in [0.1, 0.15) is 0 Å². The lowest BCUT2D eigenvalue weighted by atomic mass is 9.98. The fraction of sp³-hybridized carbons (Fsp3) is 0.400. The maximum Gasteiger partial charge on any atom is 0.443 e. The van der Waals surface area contributed by atoms with Crippen LogP contribution in [0.5, 0.6) is 0 Å². The van der Waals surface area contributed by atoms with E-state index >= 15 is 0 Å². The summed E-state index contributed by atoms with van der Waals surface area (Å²) in [6.45, 7) is 4.01. The number of hydrogen-bond donors (Lipinski definition) is 1. The van der Waals surface area contributed by atoms with Crippen molar-refractivity contribution in [3.8, 4) is 0 Å². The SMILES string of the molecule is CNC(Cc1cc(C)ccc1C)c1cnc(C(F)(F)F)s1. The number of aromatic nitrogens is 1. The standard InChI is InChI=1S/C15H17F3N2S/c1-9-4-5-10(2)11(6-9)7-12(19-3)13-8-20-14(21-13)15(16,17)18/h4-6,8,12,19H,7H2,1-3H3. The van der Waals surface area contributed by atoms with Crippen LogP contribution in [0.4, 0.5) is 13.2 Å². The fourth-order valence-electron chi connectivity index (χ4n) is 2.16. The second-order valence-electron chi connectivity index (χ2n) is 5.04. The van der Waals surface area contributed by atoms with E-state index in [2.05, 4.69) is 16.4 Å².